The van der Waals surface area contributed by atoms with Gasteiger partial charge in [-0.25, -0.2) is 0 Å². The molecule has 1 fully saturated rings. The topological polar surface area (TPSA) is 38.8 Å². The maximum absolute atomic E-state index is 12.6. The largest absolute Gasteiger partial charge is 0.497 e. The van der Waals surface area contributed by atoms with Crippen molar-refractivity contribution in [3.05, 3.63) is 23.8 Å². The van der Waals surface area contributed by atoms with E-state index in [0.717, 1.165) is 55.3 Å². The SMILES string of the molecule is COc1ccc2c(c1)CC(C(=O)N1CCC(C)CC1)CO2. The first-order valence-electron chi connectivity index (χ1n) is 7.76. The lowest BCUT2D eigenvalue weighted by Crippen LogP contribution is -2.44. The Bertz CT molecular complexity index is 521. The second-order valence-electron chi connectivity index (χ2n) is 6.19. The molecule has 4 heteroatoms. The number of amides is 1. The van der Waals surface area contributed by atoms with Crippen LogP contribution >= 0.6 is 0 Å². The summed E-state index contributed by atoms with van der Waals surface area (Å²) < 4.78 is 11.0. The Labute approximate surface area is 126 Å². The number of methoxy groups -OCH3 is 1. The molecule has 2 aliphatic rings. The van der Waals surface area contributed by atoms with Crippen LogP contribution in [-0.4, -0.2) is 37.6 Å². The van der Waals surface area contributed by atoms with Crippen molar-refractivity contribution < 1.29 is 14.3 Å². The molecule has 2 heterocycles. The summed E-state index contributed by atoms with van der Waals surface area (Å²) in [6.45, 7) is 4.53. The summed E-state index contributed by atoms with van der Waals surface area (Å²) in [6, 6.07) is 5.80. The van der Waals surface area contributed by atoms with Crippen LogP contribution in [0.1, 0.15) is 25.3 Å². The van der Waals surface area contributed by atoms with Gasteiger partial charge in [0, 0.05) is 13.1 Å². The summed E-state index contributed by atoms with van der Waals surface area (Å²) in [5.74, 6) is 2.62. The first kappa shape index (κ1) is 14.2. The van der Waals surface area contributed by atoms with Crippen molar-refractivity contribution in [2.75, 3.05) is 26.8 Å². The number of nitrogens with zero attached hydrogens (tertiary/aromatic N) is 1. The molecule has 1 atom stereocenters. The van der Waals surface area contributed by atoms with Crippen LogP contribution in [0.15, 0.2) is 18.2 Å². The fourth-order valence-electron chi connectivity index (χ4n) is 3.14. The molecule has 0 bridgehead atoms. The van der Waals surface area contributed by atoms with Gasteiger partial charge in [0.05, 0.1) is 13.0 Å². The van der Waals surface area contributed by atoms with Gasteiger partial charge in [-0.05, 0) is 48.9 Å². The molecule has 0 aromatic heterocycles. The highest BCUT2D eigenvalue weighted by Gasteiger charge is 2.31. The Hall–Kier alpha value is -1.71. The molecule has 3 rings (SSSR count). The molecule has 114 valence electrons. The van der Waals surface area contributed by atoms with Gasteiger partial charge in [0.1, 0.15) is 18.1 Å². The zero-order valence-corrected chi connectivity index (χ0v) is 12.8. The van der Waals surface area contributed by atoms with E-state index < -0.39 is 0 Å². The van der Waals surface area contributed by atoms with Gasteiger partial charge >= 0.3 is 0 Å². The maximum Gasteiger partial charge on any atom is 0.229 e. The summed E-state index contributed by atoms with van der Waals surface area (Å²) in [7, 11) is 1.66. The van der Waals surface area contributed by atoms with Gasteiger partial charge in [-0.15, -0.1) is 0 Å². The lowest BCUT2D eigenvalue weighted by atomic mass is 9.93. The van der Waals surface area contributed by atoms with Crippen molar-refractivity contribution in [1.29, 1.82) is 0 Å². The first-order chi connectivity index (χ1) is 10.2. The maximum atomic E-state index is 12.6. The Morgan fingerprint density at radius 3 is 2.81 bits per heavy atom. The summed E-state index contributed by atoms with van der Waals surface area (Å²) in [5.41, 5.74) is 1.07. The van der Waals surface area contributed by atoms with Crippen LogP contribution in [0, 0.1) is 11.8 Å². The molecule has 0 saturated carbocycles. The van der Waals surface area contributed by atoms with Crippen molar-refractivity contribution in [3.63, 3.8) is 0 Å². The van der Waals surface area contributed by atoms with Crippen LogP contribution in [0.2, 0.25) is 0 Å². The van der Waals surface area contributed by atoms with Gasteiger partial charge in [-0.1, -0.05) is 6.92 Å². The van der Waals surface area contributed by atoms with Gasteiger partial charge < -0.3 is 14.4 Å². The molecular formula is C17H23NO3. The molecule has 2 aliphatic heterocycles. The van der Waals surface area contributed by atoms with Gasteiger partial charge in [0.25, 0.3) is 0 Å². The average molecular weight is 289 g/mol. The van der Waals surface area contributed by atoms with Crippen LogP contribution in [-0.2, 0) is 11.2 Å². The third kappa shape index (κ3) is 2.99. The van der Waals surface area contributed by atoms with Crippen LogP contribution in [0.4, 0.5) is 0 Å². The van der Waals surface area contributed by atoms with E-state index in [0.29, 0.717) is 6.61 Å². The van der Waals surface area contributed by atoms with E-state index in [4.69, 9.17) is 9.47 Å². The van der Waals surface area contributed by atoms with Crippen molar-refractivity contribution in [1.82, 2.24) is 4.90 Å². The molecule has 1 saturated heterocycles. The van der Waals surface area contributed by atoms with Crippen molar-refractivity contribution in [3.8, 4) is 11.5 Å². The average Bonchev–Trinajstić information content (AvgIpc) is 2.53. The standard InChI is InChI=1S/C17H23NO3/c1-12-5-7-18(8-6-12)17(19)14-9-13-10-15(20-2)3-4-16(13)21-11-14/h3-4,10,12,14H,5-9,11H2,1-2H3. The fourth-order valence-corrected chi connectivity index (χ4v) is 3.14. The van der Waals surface area contributed by atoms with Crippen LogP contribution in [0.3, 0.4) is 0 Å². The summed E-state index contributed by atoms with van der Waals surface area (Å²) in [4.78, 5) is 14.7. The van der Waals surface area contributed by atoms with Crippen LogP contribution in [0.25, 0.3) is 0 Å². The number of benzene rings is 1. The second kappa shape index (κ2) is 5.96. The predicted octanol–water partition coefficient (Wildman–Crippen LogP) is 2.50. The Morgan fingerprint density at radius 2 is 2.10 bits per heavy atom. The third-order valence-electron chi connectivity index (χ3n) is 4.62. The van der Waals surface area contributed by atoms with Crippen LogP contribution < -0.4 is 9.47 Å². The molecule has 0 aliphatic carbocycles. The Balaban J connectivity index is 1.69. The number of likely N-dealkylation sites (tertiary alicyclic amines) is 1. The highest BCUT2D eigenvalue weighted by molar-refractivity contribution is 5.80. The zero-order chi connectivity index (χ0) is 14.8. The van der Waals surface area contributed by atoms with Crippen molar-refractivity contribution in [2.24, 2.45) is 11.8 Å². The molecule has 1 aromatic rings. The lowest BCUT2D eigenvalue weighted by molar-refractivity contribution is -0.138. The molecule has 4 nitrogen and oxygen atoms in total. The minimum Gasteiger partial charge on any atom is -0.497 e. The van der Waals surface area contributed by atoms with E-state index in [2.05, 4.69) is 6.92 Å². The van der Waals surface area contributed by atoms with Gasteiger partial charge in [0.2, 0.25) is 5.91 Å². The minimum absolute atomic E-state index is 0.0574. The van der Waals surface area contributed by atoms with Crippen molar-refractivity contribution in [2.45, 2.75) is 26.2 Å². The third-order valence-corrected chi connectivity index (χ3v) is 4.62. The summed E-state index contributed by atoms with van der Waals surface area (Å²) in [6.07, 6.45) is 2.98. The lowest BCUT2D eigenvalue weighted by Gasteiger charge is -2.34. The summed E-state index contributed by atoms with van der Waals surface area (Å²) in [5, 5.41) is 0. The minimum atomic E-state index is -0.0574. The molecule has 0 spiro atoms. The summed E-state index contributed by atoms with van der Waals surface area (Å²) >= 11 is 0. The zero-order valence-electron chi connectivity index (χ0n) is 12.8. The number of carbonyl (C=O) groups excluding carboxylic acids is 1. The number of carbonyl (C=O) groups is 1. The monoisotopic (exact) mass is 289 g/mol. The van der Waals surface area contributed by atoms with E-state index >= 15 is 0 Å². The van der Waals surface area contributed by atoms with E-state index in [9.17, 15) is 4.79 Å². The molecule has 21 heavy (non-hydrogen) atoms. The molecule has 1 unspecified atom stereocenters. The number of piperidine rings is 1. The molecule has 0 radical (unpaired) electrons. The Morgan fingerprint density at radius 1 is 1.33 bits per heavy atom. The first-order valence-corrected chi connectivity index (χ1v) is 7.76. The van der Waals surface area contributed by atoms with E-state index in [-0.39, 0.29) is 11.8 Å². The highest BCUT2D eigenvalue weighted by atomic mass is 16.5. The van der Waals surface area contributed by atoms with Gasteiger partial charge in [0.15, 0.2) is 0 Å². The fraction of sp³-hybridized carbons (Fsp3) is 0.588. The number of hydrogen-bond donors (Lipinski definition) is 0. The molecule has 0 N–H and O–H groups in total. The number of hydrogen-bond acceptors (Lipinski definition) is 3. The molecular weight excluding hydrogens is 266 g/mol. The predicted molar refractivity (Wildman–Crippen MR) is 80.7 cm³/mol. The quantitative estimate of drug-likeness (QED) is 0.839. The van der Waals surface area contributed by atoms with E-state index in [1.807, 2.05) is 23.1 Å². The number of rotatable bonds is 2. The van der Waals surface area contributed by atoms with Gasteiger partial charge in [-0.3, -0.25) is 4.79 Å². The molecule has 1 amide bonds. The number of ether oxygens (including phenoxy) is 2. The van der Waals surface area contributed by atoms with E-state index in [1.54, 1.807) is 7.11 Å². The molecule has 1 aromatic carbocycles. The second-order valence-corrected chi connectivity index (χ2v) is 6.19. The Kier molecular flexibility index (Phi) is 4.04. The number of fused-ring (bicyclic) bond motifs is 1. The normalized spacial score (nSPS) is 22.4. The van der Waals surface area contributed by atoms with Gasteiger partial charge in [-0.2, -0.15) is 0 Å². The highest BCUT2D eigenvalue weighted by Crippen LogP contribution is 2.31. The van der Waals surface area contributed by atoms with E-state index in [1.165, 1.54) is 0 Å². The van der Waals surface area contributed by atoms with Crippen LogP contribution in [0.5, 0.6) is 11.5 Å². The smallest absolute Gasteiger partial charge is 0.229 e. The van der Waals surface area contributed by atoms with Crippen molar-refractivity contribution >= 4 is 5.91 Å².